The van der Waals surface area contributed by atoms with E-state index in [9.17, 15) is 13.2 Å². The van der Waals surface area contributed by atoms with Crippen LogP contribution in [0.25, 0.3) is 12.2 Å². The molecule has 34 heavy (non-hydrogen) atoms. The maximum absolute atomic E-state index is 13.7. The lowest BCUT2D eigenvalue weighted by Gasteiger charge is -2.27. The summed E-state index contributed by atoms with van der Waals surface area (Å²) < 4.78 is 33.8. The summed E-state index contributed by atoms with van der Waals surface area (Å²) in [5.41, 5.74) is 1.14. The zero-order chi connectivity index (χ0) is 24.8. The minimum atomic E-state index is -4.16. The van der Waals surface area contributed by atoms with Crippen molar-refractivity contribution in [2.45, 2.75) is 31.3 Å². The average Bonchev–Trinajstić information content (AvgIpc) is 2.81. The van der Waals surface area contributed by atoms with Crippen LogP contribution < -0.4 is 4.31 Å². The van der Waals surface area contributed by atoms with E-state index in [1.165, 1.54) is 24.3 Å². The van der Waals surface area contributed by atoms with Crippen LogP contribution in [0, 0.1) is 11.3 Å². The van der Waals surface area contributed by atoms with Crippen LogP contribution >= 0.6 is 0 Å². The van der Waals surface area contributed by atoms with Crippen LogP contribution in [0.5, 0.6) is 0 Å². The van der Waals surface area contributed by atoms with Gasteiger partial charge in [0.25, 0.3) is 10.0 Å². The van der Waals surface area contributed by atoms with Gasteiger partial charge in [-0.15, -0.1) is 0 Å². The van der Waals surface area contributed by atoms with Gasteiger partial charge in [-0.3, -0.25) is 14.1 Å². The van der Waals surface area contributed by atoms with Gasteiger partial charge in [0.1, 0.15) is 12.1 Å². The second-order valence-electron chi connectivity index (χ2n) is 8.38. The smallest absolute Gasteiger partial charge is 0.327 e. The first-order chi connectivity index (χ1) is 16.1. The molecular formula is C26H25N3O4S. The summed E-state index contributed by atoms with van der Waals surface area (Å²) in [5, 5.41) is 9.05. The van der Waals surface area contributed by atoms with Crippen molar-refractivity contribution in [3.8, 4) is 6.07 Å². The molecule has 0 bridgehead atoms. The number of para-hydroxylation sites is 1. The molecule has 3 aromatic rings. The molecule has 0 aliphatic carbocycles. The summed E-state index contributed by atoms with van der Waals surface area (Å²) in [5.74, 6) is -0.687. The van der Waals surface area contributed by atoms with E-state index in [0.29, 0.717) is 22.5 Å². The monoisotopic (exact) mass is 475 g/mol. The summed E-state index contributed by atoms with van der Waals surface area (Å²) in [6, 6.07) is 19.9. The molecule has 0 N–H and O–H groups in total. The normalized spacial score (nSPS) is 11.7. The van der Waals surface area contributed by atoms with Crippen molar-refractivity contribution in [1.29, 1.82) is 5.26 Å². The number of anilines is 1. The van der Waals surface area contributed by atoms with Crippen LogP contribution in [-0.2, 0) is 19.6 Å². The number of pyridine rings is 1. The van der Waals surface area contributed by atoms with Crippen molar-refractivity contribution >= 4 is 33.8 Å². The summed E-state index contributed by atoms with van der Waals surface area (Å²) in [6.45, 7) is 4.63. The number of aromatic nitrogens is 1. The van der Waals surface area contributed by atoms with Gasteiger partial charge in [-0.2, -0.15) is 5.26 Å². The Morgan fingerprint density at radius 2 is 1.71 bits per heavy atom. The minimum Gasteiger partial charge on any atom is -0.459 e. The number of esters is 1. The Bertz CT molecular complexity index is 1320. The van der Waals surface area contributed by atoms with Gasteiger partial charge >= 0.3 is 5.97 Å². The minimum absolute atomic E-state index is 0.0430. The molecule has 0 aliphatic rings. The maximum atomic E-state index is 13.7. The fraction of sp³-hybridized carbons (Fsp3) is 0.192. The molecule has 8 heteroatoms. The van der Waals surface area contributed by atoms with Gasteiger partial charge in [0.15, 0.2) is 0 Å². The predicted octanol–water partition coefficient (Wildman–Crippen LogP) is 4.66. The molecule has 0 radical (unpaired) electrons. The second-order valence-corrected chi connectivity index (χ2v) is 10.2. The van der Waals surface area contributed by atoms with Crippen molar-refractivity contribution in [2.24, 2.45) is 0 Å². The topological polar surface area (TPSA) is 100 Å². The molecule has 0 fully saturated rings. The molecule has 1 aromatic heterocycles. The Morgan fingerprint density at radius 3 is 2.32 bits per heavy atom. The number of benzene rings is 2. The molecule has 0 spiro atoms. The van der Waals surface area contributed by atoms with Gasteiger partial charge in [0.2, 0.25) is 0 Å². The zero-order valence-corrected chi connectivity index (χ0v) is 20.0. The highest BCUT2D eigenvalue weighted by Gasteiger charge is 2.30. The Balaban J connectivity index is 2.08. The molecule has 0 aliphatic heterocycles. The summed E-state index contributed by atoms with van der Waals surface area (Å²) >= 11 is 0. The lowest BCUT2D eigenvalue weighted by atomic mass is 10.1. The van der Waals surface area contributed by atoms with Crippen molar-refractivity contribution < 1.29 is 17.9 Å². The van der Waals surface area contributed by atoms with E-state index < -0.39 is 28.1 Å². The van der Waals surface area contributed by atoms with E-state index in [0.717, 1.165) is 4.31 Å². The first-order valence-electron chi connectivity index (χ1n) is 10.5. The molecule has 0 amide bonds. The number of carbonyl (C=O) groups is 1. The van der Waals surface area contributed by atoms with Crippen molar-refractivity contribution in [3.63, 3.8) is 0 Å². The Hall–Kier alpha value is -3.96. The Kier molecular flexibility index (Phi) is 7.49. The zero-order valence-electron chi connectivity index (χ0n) is 19.2. The van der Waals surface area contributed by atoms with Crippen LogP contribution in [0.4, 0.5) is 5.69 Å². The quantitative estimate of drug-likeness (QED) is 0.461. The van der Waals surface area contributed by atoms with Crippen LogP contribution in [0.3, 0.4) is 0 Å². The highest BCUT2D eigenvalue weighted by atomic mass is 32.2. The van der Waals surface area contributed by atoms with Gasteiger partial charge in [-0.1, -0.05) is 30.3 Å². The van der Waals surface area contributed by atoms with E-state index in [4.69, 9.17) is 10.00 Å². The molecule has 7 nitrogen and oxygen atoms in total. The fourth-order valence-electron chi connectivity index (χ4n) is 3.12. The molecule has 174 valence electrons. The number of nitrogens with zero attached hydrogens (tertiary/aromatic N) is 3. The highest BCUT2D eigenvalue weighted by Crippen LogP contribution is 2.29. The van der Waals surface area contributed by atoms with E-state index in [1.807, 2.05) is 18.2 Å². The van der Waals surface area contributed by atoms with Gasteiger partial charge in [-0.05, 0) is 74.9 Å². The van der Waals surface area contributed by atoms with Crippen LogP contribution in [-0.4, -0.2) is 31.5 Å². The third-order valence-electron chi connectivity index (χ3n) is 4.59. The number of rotatable bonds is 7. The third kappa shape index (κ3) is 6.30. The average molecular weight is 476 g/mol. The van der Waals surface area contributed by atoms with Gasteiger partial charge in [0.05, 0.1) is 27.9 Å². The van der Waals surface area contributed by atoms with Crippen molar-refractivity contribution in [1.82, 2.24) is 4.98 Å². The SMILES string of the molecule is CC(C)(C)OC(=O)CN(c1ccccc1C=Cc1ccccn1)S(=O)(=O)c1ccc(C#N)cc1. The molecule has 0 atom stereocenters. The Morgan fingerprint density at radius 1 is 1.03 bits per heavy atom. The summed E-state index contributed by atoms with van der Waals surface area (Å²) in [4.78, 5) is 16.9. The number of sulfonamides is 1. The molecule has 0 unspecified atom stereocenters. The number of carbonyl (C=O) groups excluding carboxylic acids is 1. The highest BCUT2D eigenvalue weighted by molar-refractivity contribution is 7.92. The van der Waals surface area contributed by atoms with E-state index in [-0.39, 0.29) is 4.90 Å². The largest absolute Gasteiger partial charge is 0.459 e. The molecule has 0 saturated carbocycles. The molecule has 0 saturated heterocycles. The number of nitriles is 1. The maximum Gasteiger partial charge on any atom is 0.327 e. The fourth-order valence-corrected chi connectivity index (χ4v) is 4.56. The van der Waals surface area contributed by atoms with Gasteiger partial charge in [0, 0.05) is 6.20 Å². The van der Waals surface area contributed by atoms with Crippen molar-refractivity contribution in [2.75, 3.05) is 10.8 Å². The molecule has 1 heterocycles. The van der Waals surface area contributed by atoms with E-state index in [2.05, 4.69) is 4.98 Å². The molecular weight excluding hydrogens is 450 g/mol. The summed E-state index contributed by atoms with van der Waals surface area (Å²) in [6.07, 6.45) is 5.17. The van der Waals surface area contributed by atoms with Gasteiger partial charge in [-0.25, -0.2) is 8.42 Å². The summed E-state index contributed by atoms with van der Waals surface area (Å²) in [7, 11) is -4.16. The number of ether oxygens (including phenoxy) is 1. The van der Waals surface area contributed by atoms with Gasteiger partial charge < -0.3 is 4.74 Å². The number of hydrogen-bond acceptors (Lipinski definition) is 6. The lowest BCUT2D eigenvalue weighted by molar-refractivity contribution is -0.152. The molecule has 3 rings (SSSR count). The van der Waals surface area contributed by atoms with Crippen LogP contribution in [0.1, 0.15) is 37.6 Å². The Labute approximate surface area is 200 Å². The lowest BCUT2D eigenvalue weighted by Crippen LogP contribution is -2.39. The van der Waals surface area contributed by atoms with Crippen LogP contribution in [0.15, 0.2) is 77.8 Å². The predicted molar refractivity (Wildman–Crippen MR) is 131 cm³/mol. The van der Waals surface area contributed by atoms with E-state index >= 15 is 0 Å². The standard InChI is InChI=1S/C26H25N3O4S/c1-26(2,3)33-25(30)19-29(34(31,32)23-15-11-20(18-27)12-16-23)24-10-5-4-8-21(24)13-14-22-9-6-7-17-28-22/h4-17H,19H2,1-3H3. The third-order valence-corrected chi connectivity index (χ3v) is 6.36. The van der Waals surface area contributed by atoms with E-state index in [1.54, 1.807) is 69.5 Å². The molecule has 2 aromatic carbocycles. The van der Waals surface area contributed by atoms with Crippen molar-refractivity contribution in [3.05, 3.63) is 89.7 Å². The second kappa shape index (κ2) is 10.3. The van der Waals surface area contributed by atoms with Crippen LogP contribution in [0.2, 0.25) is 0 Å². The first kappa shape index (κ1) is 24.7. The first-order valence-corrected chi connectivity index (χ1v) is 12.0. The number of hydrogen-bond donors (Lipinski definition) is 0.